The molecule has 1 aromatic heterocycles. The monoisotopic (exact) mass is 313 g/mol. The molecular formula is C11H11N3O2S3. The maximum absolute atomic E-state index is 12.0. The Morgan fingerprint density at radius 2 is 2.00 bits per heavy atom. The molecule has 0 saturated heterocycles. The second-order valence-corrected chi connectivity index (χ2v) is 7.33. The van der Waals surface area contributed by atoms with Crippen molar-refractivity contribution in [1.82, 2.24) is 4.98 Å². The first-order valence-electron chi connectivity index (χ1n) is 5.23. The van der Waals surface area contributed by atoms with Crippen LogP contribution in [0.1, 0.15) is 10.6 Å². The molecule has 19 heavy (non-hydrogen) atoms. The van der Waals surface area contributed by atoms with Gasteiger partial charge in [0.25, 0.3) is 10.0 Å². The molecule has 1 heterocycles. The van der Waals surface area contributed by atoms with Crippen molar-refractivity contribution < 1.29 is 8.42 Å². The van der Waals surface area contributed by atoms with Gasteiger partial charge in [-0.05, 0) is 31.2 Å². The van der Waals surface area contributed by atoms with E-state index < -0.39 is 10.0 Å². The number of aryl methyl sites for hydroxylation is 1. The van der Waals surface area contributed by atoms with E-state index in [0.717, 1.165) is 11.3 Å². The average Bonchev–Trinajstić information content (AvgIpc) is 2.77. The van der Waals surface area contributed by atoms with Crippen LogP contribution in [0.15, 0.2) is 34.7 Å². The van der Waals surface area contributed by atoms with Gasteiger partial charge in [-0.15, -0.1) is 11.3 Å². The number of aromatic nitrogens is 1. The minimum Gasteiger partial charge on any atom is -0.389 e. The number of nitrogens with zero attached hydrogens (tertiary/aromatic N) is 1. The van der Waals surface area contributed by atoms with Gasteiger partial charge in [-0.3, -0.25) is 4.72 Å². The summed E-state index contributed by atoms with van der Waals surface area (Å²) in [4.78, 5) is 4.20. The third-order valence-electron chi connectivity index (χ3n) is 2.29. The molecule has 0 bridgehead atoms. The number of hydrogen-bond acceptors (Lipinski definition) is 5. The van der Waals surface area contributed by atoms with Crippen molar-refractivity contribution >= 4 is 44.3 Å². The highest BCUT2D eigenvalue weighted by Crippen LogP contribution is 2.21. The Balaban J connectivity index is 2.23. The third-order valence-corrected chi connectivity index (χ3v) is 5.28. The summed E-state index contributed by atoms with van der Waals surface area (Å²) >= 11 is 5.95. The fourth-order valence-electron chi connectivity index (χ4n) is 1.37. The van der Waals surface area contributed by atoms with Gasteiger partial charge >= 0.3 is 0 Å². The quantitative estimate of drug-likeness (QED) is 0.842. The van der Waals surface area contributed by atoms with E-state index in [4.69, 9.17) is 18.0 Å². The second kappa shape index (κ2) is 5.24. The molecule has 3 N–H and O–H groups in total. The topological polar surface area (TPSA) is 85.1 Å². The molecule has 0 aliphatic carbocycles. The molecule has 100 valence electrons. The first kappa shape index (κ1) is 13.9. The molecule has 0 unspecified atom stereocenters. The highest BCUT2D eigenvalue weighted by atomic mass is 32.2. The molecule has 8 heteroatoms. The summed E-state index contributed by atoms with van der Waals surface area (Å²) in [7, 11) is -3.58. The predicted octanol–water partition coefficient (Wildman–Crippen LogP) is 1.89. The zero-order valence-corrected chi connectivity index (χ0v) is 12.4. The molecule has 0 spiro atoms. The van der Waals surface area contributed by atoms with Crippen LogP contribution in [0.5, 0.6) is 0 Å². The average molecular weight is 313 g/mol. The number of sulfonamides is 1. The zero-order chi connectivity index (χ0) is 14.0. The van der Waals surface area contributed by atoms with Crippen LogP contribution in [0.25, 0.3) is 0 Å². The maximum Gasteiger partial charge on any atom is 0.273 e. The number of nitrogens with one attached hydrogen (secondary N) is 1. The van der Waals surface area contributed by atoms with Gasteiger partial charge in [0.1, 0.15) is 4.99 Å². The molecule has 0 radical (unpaired) electrons. The molecule has 2 rings (SSSR count). The van der Waals surface area contributed by atoms with Crippen LogP contribution in [0.4, 0.5) is 5.69 Å². The van der Waals surface area contributed by atoms with Gasteiger partial charge < -0.3 is 5.73 Å². The number of anilines is 1. The van der Waals surface area contributed by atoms with Crippen LogP contribution in [-0.2, 0) is 10.0 Å². The van der Waals surface area contributed by atoms with Crippen molar-refractivity contribution in [3.05, 3.63) is 41.0 Å². The lowest BCUT2D eigenvalue weighted by molar-refractivity contribution is 0.603. The van der Waals surface area contributed by atoms with Crippen LogP contribution in [0.2, 0.25) is 0 Å². The lowest BCUT2D eigenvalue weighted by Gasteiger charge is -2.06. The van der Waals surface area contributed by atoms with Crippen molar-refractivity contribution in [3.63, 3.8) is 0 Å². The van der Waals surface area contributed by atoms with E-state index in [0.29, 0.717) is 16.3 Å². The van der Waals surface area contributed by atoms with E-state index in [-0.39, 0.29) is 9.20 Å². The third kappa shape index (κ3) is 3.28. The Kier molecular flexibility index (Phi) is 3.83. The van der Waals surface area contributed by atoms with Gasteiger partial charge in [0.15, 0.2) is 4.21 Å². The Hall–Kier alpha value is -1.51. The minimum atomic E-state index is -3.58. The lowest BCUT2D eigenvalue weighted by Crippen LogP contribution is -2.12. The first-order valence-corrected chi connectivity index (χ1v) is 7.94. The molecule has 0 fully saturated rings. The number of hydrogen-bond donors (Lipinski definition) is 2. The van der Waals surface area contributed by atoms with E-state index in [1.165, 1.54) is 6.20 Å². The van der Waals surface area contributed by atoms with E-state index in [2.05, 4.69) is 9.71 Å². The second-order valence-electron chi connectivity index (χ2n) is 3.75. The Labute approximate surface area is 120 Å². The van der Waals surface area contributed by atoms with E-state index in [1.807, 2.05) is 0 Å². The molecule has 2 aromatic rings. The minimum absolute atomic E-state index is 0.184. The molecule has 0 aliphatic rings. The summed E-state index contributed by atoms with van der Waals surface area (Å²) < 4.78 is 26.7. The number of rotatable bonds is 4. The molecule has 0 aliphatic heterocycles. The fourth-order valence-corrected chi connectivity index (χ4v) is 3.68. The summed E-state index contributed by atoms with van der Waals surface area (Å²) in [6.45, 7) is 1.75. The van der Waals surface area contributed by atoms with Gasteiger partial charge in [0.05, 0.1) is 11.2 Å². The van der Waals surface area contributed by atoms with Crippen molar-refractivity contribution in [3.8, 4) is 0 Å². The van der Waals surface area contributed by atoms with Gasteiger partial charge in [0, 0.05) is 11.3 Å². The van der Waals surface area contributed by atoms with Crippen LogP contribution in [0.3, 0.4) is 0 Å². The van der Waals surface area contributed by atoms with Gasteiger partial charge in [-0.25, -0.2) is 13.4 Å². The molecule has 0 amide bonds. The number of benzene rings is 1. The van der Waals surface area contributed by atoms with Gasteiger partial charge in [0.2, 0.25) is 0 Å². The molecule has 0 saturated carbocycles. The molecule has 5 nitrogen and oxygen atoms in total. The summed E-state index contributed by atoms with van der Waals surface area (Å²) in [5.74, 6) is 0. The van der Waals surface area contributed by atoms with Crippen LogP contribution < -0.4 is 10.5 Å². The van der Waals surface area contributed by atoms with Crippen molar-refractivity contribution in [2.75, 3.05) is 4.72 Å². The SMILES string of the molecule is Cc1ncc(S(=O)(=O)Nc2ccc(C(N)=S)cc2)s1. The van der Waals surface area contributed by atoms with Crippen molar-refractivity contribution in [2.24, 2.45) is 5.73 Å². The maximum atomic E-state index is 12.0. The highest BCUT2D eigenvalue weighted by molar-refractivity contribution is 7.94. The summed E-state index contributed by atoms with van der Waals surface area (Å²) in [5.41, 5.74) is 6.61. The fraction of sp³-hybridized carbons (Fsp3) is 0.0909. The van der Waals surface area contributed by atoms with E-state index in [9.17, 15) is 8.42 Å². The Morgan fingerprint density at radius 1 is 1.37 bits per heavy atom. The first-order chi connectivity index (χ1) is 8.88. The normalized spacial score (nSPS) is 11.2. The number of thiocarbonyl (C=S) groups is 1. The Morgan fingerprint density at radius 3 is 2.47 bits per heavy atom. The smallest absolute Gasteiger partial charge is 0.273 e. The molecule has 0 atom stereocenters. The summed E-state index contributed by atoms with van der Waals surface area (Å²) in [6, 6.07) is 6.55. The van der Waals surface area contributed by atoms with Crippen LogP contribution >= 0.6 is 23.6 Å². The van der Waals surface area contributed by atoms with Crippen LogP contribution in [0, 0.1) is 6.92 Å². The zero-order valence-electron chi connectivity index (χ0n) is 9.95. The molecule has 1 aromatic carbocycles. The van der Waals surface area contributed by atoms with Gasteiger partial charge in [-0.2, -0.15) is 0 Å². The number of nitrogens with two attached hydrogens (primary N) is 1. The van der Waals surface area contributed by atoms with Crippen molar-refractivity contribution in [2.45, 2.75) is 11.1 Å². The Bertz CT molecular complexity index is 705. The molecular weight excluding hydrogens is 302 g/mol. The lowest BCUT2D eigenvalue weighted by atomic mass is 10.2. The summed E-state index contributed by atoms with van der Waals surface area (Å²) in [5, 5.41) is 0.698. The van der Waals surface area contributed by atoms with E-state index >= 15 is 0 Å². The van der Waals surface area contributed by atoms with E-state index in [1.54, 1.807) is 31.2 Å². The van der Waals surface area contributed by atoms with Gasteiger partial charge in [-0.1, -0.05) is 12.2 Å². The predicted molar refractivity (Wildman–Crippen MR) is 80.0 cm³/mol. The summed E-state index contributed by atoms with van der Waals surface area (Å²) in [6.07, 6.45) is 1.34. The highest BCUT2D eigenvalue weighted by Gasteiger charge is 2.17. The standard InChI is InChI=1S/C11H11N3O2S3/c1-7-13-6-10(18-7)19(15,16)14-9-4-2-8(3-5-9)11(12)17/h2-6,14H,1H3,(H2,12,17). The van der Waals surface area contributed by atoms with Crippen LogP contribution in [-0.4, -0.2) is 18.4 Å². The number of thiazole rings is 1. The van der Waals surface area contributed by atoms with Crippen molar-refractivity contribution in [1.29, 1.82) is 0 Å². The largest absolute Gasteiger partial charge is 0.389 e.